The first-order valence-corrected chi connectivity index (χ1v) is 7.38. The van der Waals surface area contributed by atoms with E-state index >= 15 is 0 Å². The Bertz CT molecular complexity index is 602. The molecule has 2 N–H and O–H groups in total. The second-order valence-electron chi connectivity index (χ2n) is 4.85. The number of benzene rings is 2. The highest BCUT2D eigenvalue weighted by Gasteiger charge is 2.02. The van der Waals surface area contributed by atoms with Gasteiger partial charge in [0.15, 0.2) is 0 Å². The Labute approximate surface area is 142 Å². The summed E-state index contributed by atoms with van der Waals surface area (Å²) in [6.45, 7) is 2.47. The van der Waals surface area contributed by atoms with Crippen molar-refractivity contribution in [1.82, 2.24) is 10.6 Å². The van der Waals surface area contributed by atoms with Crippen LogP contribution in [0, 0.1) is 0 Å². The predicted octanol–water partition coefficient (Wildman–Crippen LogP) is 1.99. The third kappa shape index (κ3) is 6.44. The molecule has 1 amide bonds. The molecule has 0 aliphatic carbocycles. The van der Waals surface area contributed by atoms with Crippen LogP contribution in [0.2, 0.25) is 0 Å². The van der Waals surface area contributed by atoms with Crippen LogP contribution in [0.5, 0.6) is 5.75 Å². The van der Waals surface area contributed by atoms with Crippen LogP contribution in [0.15, 0.2) is 42.5 Å². The molecule has 0 aliphatic rings. The topological polar surface area (TPSA) is 59.6 Å². The van der Waals surface area contributed by atoms with Crippen molar-refractivity contribution in [2.45, 2.75) is 0 Å². The van der Waals surface area contributed by atoms with Gasteiger partial charge in [0.25, 0.3) is 0 Å². The number of nitrogens with one attached hydrogen (secondary N) is 2. The van der Waals surface area contributed by atoms with E-state index in [1.165, 1.54) is 0 Å². The fourth-order valence-corrected chi connectivity index (χ4v) is 2.11. The number of carbonyl (C=O) groups is 1. The van der Waals surface area contributed by atoms with Gasteiger partial charge in [0.05, 0.1) is 19.7 Å². The monoisotopic (exact) mass is 338 g/mol. The van der Waals surface area contributed by atoms with Crippen molar-refractivity contribution in [3.63, 3.8) is 0 Å². The van der Waals surface area contributed by atoms with E-state index in [4.69, 9.17) is 9.47 Å². The van der Waals surface area contributed by atoms with Gasteiger partial charge >= 0.3 is 0 Å². The fraction of sp³-hybridized carbons (Fsp3) is 0.353. The molecule has 126 valence electrons. The summed E-state index contributed by atoms with van der Waals surface area (Å²) in [6.07, 6.45) is 0. The summed E-state index contributed by atoms with van der Waals surface area (Å²) in [7, 11) is 1.63. The van der Waals surface area contributed by atoms with Crippen molar-refractivity contribution in [2.75, 3.05) is 40.0 Å². The maximum absolute atomic E-state index is 11.6. The molecule has 0 unspecified atom stereocenters. The smallest absolute Gasteiger partial charge is 0.234 e. The summed E-state index contributed by atoms with van der Waals surface area (Å²) < 4.78 is 10.6. The molecule has 0 aliphatic heterocycles. The van der Waals surface area contributed by atoms with Gasteiger partial charge in [-0.25, -0.2) is 0 Å². The van der Waals surface area contributed by atoms with E-state index < -0.39 is 0 Å². The van der Waals surface area contributed by atoms with Gasteiger partial charge in [0.1, 0.15) is 12.4 Å². The summed E-state index contributed by atoms with van der Waals surface area (Å²) in [4.78, 5) is 11.6. The van der Waals surface area contributed by atoms with Crippen LogP contribution in [-0.2, 0) is 9.53 Å². The molecule has 23 heavy (non-hydrogen) atoms. The molecule has 0 atom stereocenters. The second-order valence-corrected chi connectivity index (χ2v) is 4.85. The van der Waals surface area contributed by atoms with Crippen LogP contribution in [0.4, 0.5) is 0 Å². The van der Waals surface area contributed by atoms with Crippen LogP contribution in [0.3, 0.4) is 0 Å². The number of amides is 1. The molecule has 0 bridgehead atoms. The third-order valence-electron chi connectivity index (χ3n) is 3.20. The van der Waals surface area contributed by atoms with E-state index in [0.29, 0.717) is 26.3 Å². The number of ether oxygens (including phenoxy) is 2. The number of carbonyl (C=O) groups excluding carboxylic acids is 1. The van der Waals surface area contributed by atoms with Gasteiger partial charge in [0, 0.05) is 19.0 Å². The van der Waals surface area contributed by atoms with Crippen LogP contribution in [0.1, 0.15) is 0 Å². The van der Waals surface area contributed by atoms with Gasteiger partial charge in [-0.3, -0.25) is 4.79 Å². The molecule has 0 saturated carbocycles. The average molecular weight is 339 g/mol. The minimum atomic E-state index is -0.0439. The summed E-state index contributed by atoms with van der Waals surface area (Å²) in [6, 6.07) is 14.0. The zero-order valence-corrected chi connectivity index (χ0v) is 14.0. The van der Waals surface area contributed by atoms with Gasteiger partial charge in [-0.15, -0.1) is 12.4 Å². The Morgan fingerprint density at radius 2 is 1.83 bits per heavy atom. The molecule has 5 nitrogen and oxygen atoms in total. The van der Waals surface area contributed by atoms with Crippen molar-refractivity contribution in [1.29, 1.82) is 0 Å². The SMILES string of the molecule is COCCNCC(=O)NCCOc1cccc2ccccc12.Cl. The van der Waals surface area contributed by atoms with Gasteiger partial charge in [-0.2, -0.15) is 0 Å². The summed E-state index contributed by atoms with van der Waals surface area (Å²) in [5, 5.41) is 8.03. The van der Waals surface area contributed by atoms with Crippen molar-refractivity contribution >= 4 is 29.1 Å². The van der Waals surface area contributed by atoms with E-state index in [0.717, 1.165) is 16.5 Å². The molecule has 0 radical (unpaired) electrons. The molecule has 0 heterocycles. The highest BCUT2D eigenvalue weighted by atomic mass is 35.5. The van der Waals surface area contributed by atoms with Crippen molar-refractivity contribution in [2.24, 2.45) is 0 Å². The molecule has 0 spiro atoms. The van der Waals surface area contributed by atoms with E-state index in [-0.39, 0.29) is 24.9 Å². The number of halogens is 1. The molecule has 0 saturated heterocycles. The van der Waals surface area contributed by atoms with E-state index in [1.54, 1.807) is 7.11 Å². The number of methoxy groups -OCH3 is 1. The molecule has 0 fully saturated rings. The quantitative estimate of drug-likeness (QED) is 0.687. The number of hydrogen-bond donors (Lipinski definition) is 2. The van der Waals surface area contributed by atoms with Crippen molar-refractivity contribution in [3.05, 3.63) is 42.5 Å². The lowest BCUT2D eigenvalue weighted by Gasteiger charge is -2.10. The van der Waals surface area contributed by atoms with Gasteiger partial charge in [0.2, 0.25) is 5.91 Å². The molecule has 2 aromatic rings. The molecule has 2 aromatic carbocycles. The second kappa shape index (κ2) is 10.8. The average Bonchev–Trinajstić information content (AvgIpc) is 2.56. The predicted molar refractivity (Wildman–Crippen MR) is 94.4 cm³/mol. The van der Waals surface area contributed by atoms with Crippen molar-refractivity contribution in [3.8, 4) is 5.75 Å². The first kappa shape index (κ1) is 19.2. The summed E-state index contributed by atoms with van der Waals surface area (Å²) in [5.41, 5.74) is 0. The lowest BCUT2D eigenvalue weighted by atomic mass is 10.1. The van der Waals surface area contributed by atoms with Gasteiger partial charge in [-0.1, -0.05) is 36.4 Å². The minimum Gasteiger partial charge on any atom is -0.491 e. The largest absolute Gasteiger partial charge is 0.491 e. The molecule has 2 rings (SSSR count). The van der Waals surface area contributed by atoms with Gasteiger partial charge in [-0.05, 0) is 11.5 Å². The van der Waals surface area contributed by atoms with E-state index in [2.05, 4.69) is 22.8 Å². The van der Waals surface area contributed by atoms with E-state index in [9.17, 15) is 4.79 Å². The fourth-order valence-electron chi connectivity index (χ4n) is 2.11. The third-order valence-corrected chi connectivity index (χ3v) is 3.20. The maximum atomic E-state index is 11.6. The van der Waals surface area contributed by atoms with Crippen LogP contribution in [-0.4, -0.2) is 45.9 Å². The molecule has 6 heteroatoms. The Morgan fingerprint density at radius 3 is 2.65 bits per heavy atom. The minimum absolute atomic E-state index is 0. The standard InChI is InChI=1S/C17H22N2O3.ClH/c1-21-11-9-18-13-17(20)19-10-12-22-16-8-4-6-14-5-2-3-7-15(14)16;/h2-8,18H,9-13H2,1H3,(H,19,20);1H. The Morgan fingerprint density at radius 1 is 1.04 bits per heavy atom. The number of hydrogen-bond acceptors (Lipinski definition) is 4. The lowest BCUT2D eigenvalue weighted by molar-refractivity contribution is -0.120. The first-order valence-electron chi connectivity index (χ1n) is 7.38. The molecule has 0 aromatic heterocycles. The highest BCUT2D eigenvalue weighted by Crippen LogP contribution is 2.24. The normalized spacial score (nSPS) is 10.1. The van der Waals surface area contributed by atoms with Crippen LogP contribution >= 0.6 is 12.4 Å². The summed E-state index contributed by atoms with van der Waals surface area (Å²) in [5.74, 6) is 0.795. The summed E-state index contributed by atoms with van der Waals surface area (Å²) >= 11 is 0. The number of rotatable bonds is 9. The maximum Gasteiger partial charge on any atom is 0.234 e. The zero-order valence-electron chi connectivity index (χ0n) is 13.2. The Hall–Kier alpha value is -1.82. The van der Waals surface area contributed by atoms with E-state index in [1.807, 2.05) is 30.3 Å². The van der Waals surface area contributed by atoms with Crippen molar-refractivity contribution < 1.29 is 14.3 Å². The zero-order chi connectivity index (χ0) is 15.6. The Balaban J connectivity index is 0.00000264. The van der Waals surface area contributed by atoms with Gasteiger partial charge < -0.3 is 20.1 Å². The van der Waals surface area contributed by atoms with Crippen LogP contribution in [0.25, 0.3) is 10.8 Å². The lowest BCUT2D eigenvalue weighted by Crippen LogP contribution is -2.37. The highest BCUT2D eigenvalue weighted by molar-refractivity contribution is 5.88. The molecular weight excluding hydrogens is 316 g/mol. The number of fused-ring (bicyclic) bond motifs is 1. The molecular formula is C17H23ClN2O3. The Kier molecular flexibility index (Phi) is 9.05. The van der Waals surface area contributed by atoms with Crippen LogP contribution < -0.4 is 15.4 Å². The first-order chi connectivity index (χ1) is 10.8.